The Morgan fingerprint density at radius 2 is 1.92 bits per heavy atom. The summed E-state index contributed by atoms with van der Waals surface area (Å²) in [5.41, 5.74) is 4.31. The first-order chi connectivity index (χ1) is 12.5. The molecule has 1 unspecified atom stereocenters. The molecule has 6 heteroatoms. The van der Waals surface area contributed by atoms with Gasteiger partial charge in [0.25, 0.3) is 10.0 Å². The van der Waals surface area contributed by atoms with Crippen LogP contribution in [-0.2, 0) is 16.6 Å². The van der Waals surface area contributed by atoms with Crippen molar-refractivity contribution in [1.29, 1.82) is 0 Å². The van der Waals surface area contributed by atoms with Crippen LogP contribution in [0.3, 0.4) is 0 Å². The number of furan rings is 1. The minimum absolute atomic E-state index is 0.239. The van der Waals surface area contributed by atoms with Crippen LogP contribution in [0.2, 0.25) is 0 Å². The van der Waals surface area contributed by atoms with Gasteiger partial charge in [-0.3, -0.25) is 4.31 Å². The van der Waals surface area contributed by atoms with Gasteiger partial charge in [-0.2, -0.15) is 0 Å². The van der Waals surface area contributed by atoms with Crippen molar-refractivity contribution in [3.8, 4) is 0 Å². The van der Waals surface area contributed by atoms with Crippen molar-refractivity contribution in [3.63, 3.8) is 0 Å². The Morgan fingerprint density at radius 1 is 1.12 bits per heavy atom. The molecule has 1 aliphatic heterocycles. The normalized spacial score (nSPS) is 18.1. The molecule has 0 fully saturated rings. The summed E-state index contributed by atoms with van der Waals surface area (Å²) in [4.78, 5) is 0.348. The summed E-state index contributed by atoms with van der Waals surface area (Å²) in [6.45, 7) is 2.48. The molecular formula is C20H20N2O3S. The first-order valence-electron chi connectivity index (χ1n) is 8.41. The Hall–Kier alpha value is -2.57. The van der Waals surface area contributed by atoms with E-state index in [2.05, 4.69) is 5.32 Å². The zero-order chi connectivity index (χ0) is 18.3. The Labute approximate surface area is 153 Å². The van der Waals surface area contributed by atoms with E-state index < -0.39 is 10.0 Å². The van der Waals surface area contributed by atoms with Crippen LogP contribution in [0.4, 0.5) is 5.69 Å². The SMILES string of the molecule is Cc1ccc2c(c1)S(=O)(=O)N(C)c1ccccc1C2NCc1ccoc1. The molecule has 0 spiro atoms. The molecule has 2 heterocycles. The van der Waals surface area contributed by atoms with Gasteiger partial charge in [0.2, 0.25) is 0 Å². The summed E-state index contributed by atoms with van der Waals surface area (Å²) < 4.78 is 32.9. The van der Waals surface area contributed by atoms with Crippen molar-refractivity contribution in [1.82, 2.24) is 5.32 Å². The monoisotopic (exact) mass is 368 g/mol. The van der Waals surface area contributed by atoms with E-state index in [1.54, 1.807) is 25.6 Å². The number of hydrogen-bond acceptors (Lipinski definition) is 4. The highest BCUT2D eigenvalue weighted by Gasteiger charge is 2.34. The fourth-order valence-corrected chi connectivity index (χ4v) is 4.94. The molecule has 0 bridgehead atoms. The van der Waals surface area contributed by atoms with Crippen LogP contribution >= 0.6 is 0 Å². The van der Waals surface area contributed by atoms with Crippen LogP contribution in [0.15, 0.2) is 70.4 Å². The van der Waals surface area contributed by atoms with Crippen molar-refractivity contribution >= 4 is 15.7 Å². The quantitative estimate of drug-likeness (QED) is 0.767. The van der Waals surface area contributed by atoms with Crippen molar-refractivity contribution in [3.05, 3.63) is 83.3 Å². The molecule has 26 heavy (non-hydrogen) atoms. The van der Waals surface area contributed by atoms with E-state index in [0.29, 0.717) is 17.1 Å². The molecule has 4 rings (SSSR count). The summed E-state index contributed by atoms with van der Waals surface area (Å²) >= 11 is 0. The molecular weight excluding hydrogens is 348 g/mol. The second kappa shape index (κ2) is 6.30. The van der Waals surface area contributed by atoms with E-state index in [1.165, 1.54) is 4.31 Å². The minimum Gasteiger partial charge on any atom is -0.472 e. The summed E-state index contributed by atoms with van der Waals surface area (Å²) in [7, 11) is -2.01. The third-order valence-corrected chi connectivity index (χ3v) is 6.62. The number of nitrogens with one attached hydrogen (secondary N) is 1. The molecule has 1 atom stereocenters. The number of hydrogen-bond donors (Lipinski definition) is 1. The van der Waals surface area contributed by atoms with Gasteiger partial charge in [0.15, 0.2) is 0 Å². The highest BCUT2D eigenvalue weighted by atomic mass is 32.2. The third-order valence-electron chi connectivity index (χ3n) is 4.80. The predicted molar refractivity (Wildman–Crippen MR) is 101 cm³/mol. The average molecular weight is 368 g/mol. The number of anilines is 1. The molecule has 134 valence electrons. The van der Waals surface area contributed by atoms with Crippen LogP contribution in [0.5, 0.6) is 0 Å². The fourth-order valence-electron chi connectivity index (χ4n) is 3.40. The first-order valence-corrected chi connectivity index (χ1v) is 9.85. The maximum atomic E-state index is 13.2. The molecule has 1 N–H and O–H groups in total. The summed E-state index contributed by atoms with van der Waals surface area (Å²) in [6.07, 6.45) is 3.32. The summed E-state index contributed by atoms with van der Waals surface area (Å²) in [6, 6.07) is 14.9. The van der Waals surface area contributed by atoms with Gasteiger partial charge in [0, 0.05) is 19.2 Å². The topological polar surface area (TPSA) is 62.6 Å². The fraction of sp³-hybridized carbons (Fsp3) is 0.200. The lowest BCUT2D eigenvalue weighted by Crippen LogP contribution is -2.26. The van der Waals surface area contributed by atoms with E-state index in [4.69, 9.17) is 4.42 Å². The molecule has 3 aromatic rings. The predicted octanol–water partition coefficient (Wildman–Crippen LogP) is 3.61. The van der Waals surface area contributed by atoms with E-state index in [1.807, 2.05) is 49.4 Å². The van der Waals surface area contributed by atoms with E-state index >= 15 is 0 Å². The van der Waals surface area contributed by atoms with Gasteiger partial charge in [0.1, 0.15) is 0 Å². The molecule has 0 aliphatic carbocycles. The summed E-state index contributed by atoms with van der Waals surface area (Å²) in [5.74, 6) is 0. The molecule has 0 saturated carbocycles. The van der Waals surface area contributed by atoms with E-state index in [9.17, 15) is 8.42 Å². The molecule has 0 amide bonds. The maximum Gasteiger partial charge on any atom is 0.264 e. The second-order valence-corrected chi connectivity index (χ2v) is 8.46. The highest BCUT2D eigenvalue weighted by Crippen LogP contribution is 2.40. The van der Waals surface area contributed by atoms with Gasteiger partial charge < -0.3 is 9.73 Å². The Balaban J connectivity index is 1.90. The van der Waals surface area contributed by atoms with Gasteiger partial charge >= 0.3 is 0 Å². The number of fused-ring (bicyclic) bond motifs is 2. The number of sulfonamides is 1. The Bertz CT molecular complexity index is 1040. The Kier molecular flexibility index (Phi) is 4.09. The van der Waals surface area contributed by atoms with Crippen molar-refractivity contribution < 1.29 is 12.8 Å². The lowest BCUT2D eigenvalue weighted by molar-refractivity contribution is 0.552. The highest BCUT2D eigenvalue weighted by molar-refractivity contribution is 7.92. The number of nitrogens with zero attached hydrogens (tertiary/aromatic N) is 1. The minimum atomic E-state index is -3.62. The van der Waals surface area contributed by atoms with Crippen molar-refractivity contribution in [2.75, 3.05) is 11.4 Å². The molecule has 1 aliphatic rings. The van der Waals surface area contributed by atoms with Crippen LogP contribution in [0.25, 0.3) is 0 Å². The smallest absolute Gasteiger partial charge is 0.264 e. The second-order valence-electron chi connectivity index (χ2n) is 6.52. The van der Waals surface area contributed by atoms with E-state index in [0.717, 1.165) is 22.3 Å². The number of rotatable bonds is 3. The lowest BCUT2D eigenvalue weighted by Gasteiger charge is -2.21. The number of aryl methyl sites for hydroxylation is 1. The standard InChI is InChI=1S/C20H20N2O3S/c1-14-7-8-17-19(11-14)26(23,24)22(2)18-6-4-3-5-16(18)20(17)21-12-15-9-10-25-13-15/h3-11,13,20-21H,12H2,1-2H3. The molecule has 0 saturated heterocycles. The van der Waals surface area contributed by atoms with Gasteiger partial charge in [0.05, 0.1) is 29.2 Å². The largest absolute Gasteiger partial charge is 0.472 e. The number of benzene rings is 2. The molecule has 0 radical (unpaired) electrons. The third kappa shape index (κ3) is 2.71. The van der Waals surface area contributed by atoms with Crippen molar-refractivity contribution in [2.24, 2.45) is 0 Å². The van der Waals surface area contributed by atoms with Crippen LogP contribution < -0.4 is 9.62 Å². The number of para-hydroxylation sites is 1. The zero-order valence-electron chi connectivity index (χ0n) is 14.6. The van der Waals surface area contributed by atoms with Crippen molar-refractivity contribution in [2.45, 2.75) is 24.4 Å². The first kappa shape index (κ1) is 16.9. The Morgan fingerprint density at radius 3 is 2.69 bits per heavy atom. The maximum absolute atomic E-state index is 13.2. The molecule has 2 aromatic carbocycles. The van der Waals surface area contributed by atoms with E-state index in [-0.39, 0.29) is 6.04 Å². The van der Waals surface area contributed by atoms with Crippen LogP contribution in [-0.4, -0.2) is 15.5 Å². The zero-order valence-corrected chi connectivity index (χ0v) is 15.5. The molecule has 5 nitrogen and oxygen atoms in total. The van der Waals surface area contributed by atoms with Crippen LogP contribution in [0, 0.1) is 6.92 Å². The van der Waals surface area contributed by atoms with Gasteiger partial charge in [-0.25, -0.2) is 8.42 Å². The molecule has 1 aromatic heterocycles. The van der Waals surface area contributed by atoms with Gasteiger partial charge in [-0.15, -0.1) is 0 Å². The summed E-state index contributed by atoms with van der Waals surface area (Å²) in [5, 5.41) is 3.50. The lowest BCUT2D eigenvalue weighted by atomic mass is 9.96. The van der Waals surface area contributed by atoms with Crippen LogP contribution in [0.1, 0.15) is 28.3 Å². The van der Waals surface area contributed by atoms with Gasteiger partial charge in [-0.05, 0) is 41.8 Å². The average Bonchev–Trinajstić information content (AvgIpc) is 3.14. The van der Waals surface area contributed by atoms with Gasteiger partial charge in [-0.1, -0.05) is 30.3 Å².